The van der Waals surface area contributed by atoms with Gasteiger partial charge < -0.3 is 13.9 Å². The Morgan fingerprint density at radius 1 is 0.968 bits per heavy atom. The summed E-state index contributed by atoms with van der Waals surface area (Å²) >= 11 is 0. The van der Waals surface area contributed by atoms with Gasteiger partial charge in [0.1, 0.15) is 5.56 Å². The van der Waals surface area contributed by atoms with E-state index in [1.807, 2.05) is 56.9 Å². The number of piperazine rings is 1. The van der Waals surface area contributed by atoms with E-state index < -0.39 is 0 Å². The average Bonchev–Trinajstić information content (AvgIpc) is 3.40. The van der Waals surface area contributed by atoms with Crippen LogP contribution >= 0.6 is 0 Å². The Morgan fingerprint density at radius 3 is 2.29 bits per heavy atom. The molecule has 0 bridgehead atoms. The van der Waals surface area contributed by atoms with Crippen molar-refractivity contribution in [3.8, 4) is 11.4 Å². The molecule has 3 heterocycles. The highest BCUT2D eigenvalue weighted by molar-refractivity contribution is 5.96. The van der Waals surface area contributed by atoms with E-state index in [2.05, 4.69) is 27.1 Å². The van der Waals surface area contributed by atoms with Crippen LogP contribution in [-0.4, -0.2) is 57.2 Å². The molecule has 1 fully saturated rings. The number of aryl methyl sites for hydroxylation is 2. The lowest BCUT2D eigenvalue weighted by Crippen LogP contribution is -2.49. The molecule has 1 aromatic carbocycles. The van der Waals surface area contributed by atoms with E-state index in [1.165, 1.54) is 5.56 Å². The van der Waals surface area contributed by atoms with Crippen LogP contribution in [0.15, 0.2) is 33.3 Å². The van der Waals surface area contributed by atoms with Crippen molar-refractivity contribution in [1.29, 1.82) is 0 Å². The minimum absolute atomic E-state index is 0.00537. The molecule has 31 heavy (non-hydrogen) atoms. The second-order valence-electron chi connectivity index (χ2n) is 8.49. The first kappa shape index (κ1) is 21.2. The normalized spacial score (nSPS) is 16.1. The molecule has 0 N–H and O–H groups in total. The molecule has 1 atom stereocenters. The standard InChI is InChI=1S/C23H29N5O3/c1-14(2)20-19(16(4)25-30-20)23(29)28-12-10-27(11-13-28)17(5)22-24-21(26-31-22)18-8-6-15(3)7-9-18/h6-9,14,17H,10-13H2,1-5H3. The van der Waals surface area contributed by atoms with Crippen molar-refractivity contribution in [2.75, 3.05) is 26.2 Å². The second-order valence-corrected chi connectivity index (χ2v) is 8.49. The van der Waals surface area contributed by atoms with Crippen molar-refractivity contribution >= 4 is 5.91 Å². The summed E-state index contributed by atoms with van der Waals surface area (Å²) in [4.78, 5) is 21.8. The number of benzene rings is 1. The first-order valence-corrected chi connectivity index (χ1v) is 10.7. The lowest BCUT2D eigenvalue weighted by Gasteiger charge is -2.36. The molecule has 164 valence electrons. The minimum atomic E-state index is -0.0208. The van der Waals surface area contributed by atoms with Gasteiger partial charge in [-0.15, -0.1) is 0 Å². The molecular weight excluding hydrogens is 394 g/mol. The summed E-state index contributed by atoms with van der Waals surface area (Å²) in [6.45, 7) is 12.7. The lowest BCUT2D eigenvalue weighted by molar-refractivity contribution is 0.0548. The number of nitrogens with zero attached hydrogens (tertiary/aromatic N) is 5. The van der Waals surface area contributed by atoms with E-state index in [9.17, 15) is 4.79 Å². The number of carbonyl (C=O) groups excluding carboxylic acids is 1. The third-order valence-corrected chi connectivity index (χ3v) is 5.89. The maximum atomic E-state index is 13.1. The fourth-order valence-corrected chi connectivity index (χ4v) is 3.89. The summed E-state index contributed by atoms with van der Waals surface area (Å²) in [7, 11) is 0. The first-order chi connectivity index (χ1) is 14.8. The van der Waals surface area contributed by atoms with E-state index in [-0.39, 0.29) is 17.9 Å². The van der Waals surface area contributed by atoms with Gasteiger partial charge in [0, 0.05) is 37.7 Å². The van der Waals surface area contributed by atoms with Crippen LogP contribution in [-0.2, 0) is 0 Å². The fourth-order valence-electron chi connectivity index (χ4n) is 3.89. The Morgan fingerprint density at radius 2 is 1.65 bits per heavy atom. The van der Waals surface area contributed by atoms with Gasteiger partial charge in [-0.2, -0.15) is 4.98 Å². The second kappa shape index (κ2) is 8.63. The van der Waals surface area contributed by atoms with E-state index >= 15 is 0 Å². The van der Waals surface area contributed by atoms with Crippen LogP contribution in [0.25, 0.3) is 11.4 Å². The van der Waals surface area contributed by atoms with Crippen molar-refractivity contribution < 1.29 is 13.8 Å². The molecule has 0 radical (unpaired) electrons. The van der Waals surface area contributed by atoms with Gasteiger partial charge in [0.15, 0.2) is 5.76 Å². The van der Waals surface area contributed by atoms with Crippen LogP contribution in [0.1, 0.15) is 66.0 Å². The molecular formula is C23H29N5O3. The van der Waals surface area contributed by atoms with Gasteiger partial charge in [-0.05, 0) is 20.8 Å². The van der Waals surface area contributed by atoms with E-state index in [0.29, 0.717) is 41.8 Å². The van der Waals surface area contributed by atoms with Gasteiger partial charge in [0.25, 0.3) is 5.91 Å². The summed E-state index contributed by atoms with van der Waals surface area (Å²) in [5.41, 5.74) is 3.39. The fraction of sp³-hybridized carbons (Fsp3) is 0.478. The molecule has 0 aliphatic carbocycles. The molecule has 1 amide bonds. The Kier molecular flexibility index (Phi) is 5.91. The topological polar surface area (TPSA) is 88.5 Å². The highest BCUT2D eigenvalue weighted by Crippen LogP contribution is 2.26. The van der Waals surface area contributed by atoms with Gasteiger partial charge in [0.2, 0.25) is 11.7 Å². The zero-order valence-electron chi connectivity index (χ0n) is 18.8. The monoisotopic (exact) mass is 423 g/mol. The van der Waals surface area contributed by atoms with Gasteiger partial charge in [-0.1, -0.05) is 54.0 Å². The molecule has 8 heteroatoms. The lowest BCUT2D eigenvalue weighted by atomic mass is 10.0. The number of carbonyl (C=O) groups is 1. The van der Waals surface area contributed by atoms with Crippen LogP contribution in [0.3, 0.4) is 0 Å². The van der Waals surface area contributed by atoms with Crippen LogP contribution in [0.5, 0.6) is 0 Å². The molecule has 1 unspecified atom stereocenters. The Hall–Kier alpha value is -3.00. The molecule has 1 aliphatic rings. The van der Waals surface area contributed by atoms with Crippen LogP contribution in [0.2, 0.25) is 0 Å². The smallest absolute Gasteiger partial charge is 0.259 e. The van der Waals surface area contributed by atoms with E-state index in [4.69, 9.17) is 9.05 Å². The Balaban J connectivity index is 1.40. The van der Waals surface area contributed by atoms with Crippen LogP contribution in [0.4, 0.5) is 0 Å². The van der Waals surface area contributed by atoms with Gasteiger partial charge in [0.05, 0.1) is 11.7 Å². The van der Waals surface area contributed by atoms with Crippen molar-refractivity contribution in [2.45, 2.75) is 46.6 Å². The molecule has 0 spiro atoms. The predicted molar refractivity (Wildman–Crippen MR) is 116 cm³/mol. The van der Waals surface area contributed by atoms with E-state index in [0.717, 1.165) is 18.7 Å². The maximum absolute atomic E-state index is 13.1. The summed E-state index contributed by atoms with van der Waals surface area (Å²) < 4.78 is 10.9. The number of rotatable bonds is 5. The molecule has 4 rings (SSSR count). The third kappa shape index (κ3) is 4.25. The van der Waals surface area contributed by atoms with Crippen molar-refractivity contribution in [3.05, 3.63) is 52.7 Å². The quantitative estimate of drug-likeness (QED) is 0.613. The van der Waals surface area contributed by atoms with Crippen molar-refractivity contribution in [3.63, 3.8) is 0 Å². The summed E-state index contributed by atoms with van der Waals surface area (Å²) in [5, 5.41) is 8.16. The average molecular weight is 424 g/mol. The van der Waals surface area contributed by atoms with Gasteiger partial charge in [-0.25, -0.2) is 0 Å². The van der Waals surface area contributed by atoms with Crippen molar-refractivity contribution in [1.82, 2.24) is 25.1 Å². The zero-order valence-corrected chi connectivity index (χ0v) is 18.8. The molecule has 1 saturated heterocycles. The summed E-state index contributed by atoms with van der Waals surface area (Å²) in [6.07, 6.45) is 0. The van der Waals surface area contributed by atoms with Crippen LogP contribution in [0, 0.1) is 13.8 Å². The zero-order chi connectivity index (χ0) is 22.1. The molecule has 3 aromatic rings. The predicted octanol–water partition coefficient (Wildman–Crippen LogP) is 3.98. The molecule has 8 nitrogen and oxygen atoms in total. The molecule has 2 aromatic heterocycles. The van der Waals surface area contributed by atoms with Crippen molar-refractivity contribution in [2.24, 2.45) is 0 Å². The summed E-state index contributed by atoms with van der Waals surface area (Å²) in [6, 6.07) is 8.04. The largest absolute Gasteiger partial charge is 0.360 e. The van der Waals surface area contributed by atoms with Crippen LogP contribution < -0.4 is 0 Å². The Labute approximate surface area is 182 Å². The summed E-state index contributed by atoms with van der Waals surface area (Å²) in [5.74, 6) is 1.95. The highest BCUT2D eigenvalue weighted by Gasteiger charge is 2.31. The number of amides is 1. The number of hydrogen-bond donors (Lipinski definition) is 0. The van der Waals surface area contributed by atoms with Gasteiger partial charge >= 0.3 is 0 Å². The minimum Gasteiger partial charge on any atom is -0.360 e. The first-order valence-electron chi connectivity index (χ1n) is 10.7. The number of aromatic nitrogens is 3. The maximum Gasteiger partial charge on any atom is 0.259 e. The highest BCUT2D eigenvalue weighted by atomic mass is 16.5. The SMILES string of the molecule is Cc1ccc(-c2noc(C(C)N3CCN(C(=O)c4c(C)noc4C(C)C)CC3)n2)cc1. The third-order valence-electron chi connectivity index (χ3n) is 5.89. The number of hydrogen-bond acceptors (Lipinski definition) is 7. The molecule has 1 aliphatic heterocycles. The molecule has 0 saturated carbocycles. The van der Waals surface area contributed by atoms with Gasteiger partial charge in [-0.3, -0.25) is 9.69 Å². The Bertz CT molecular complexity index is 1050. The van der Waals surface area contributed by atoms with E-state index in [1.54, 1.807) is 0 Å².